The van der Waals surface area contributed by atoms with E-state index in [9.17, 15) is 19.8 Å². The smallest absolute Gasteiger partial charge is 0.407 e. The highest BCUT2D eigenvalue weighted by Crippen LogP contribution is 2.41. The fraction of sp³-hybridized carbons (Fsp3) is 0.516. The highest BCUT2D eigenvalue weighted by molar-refractivity contribution is 5.82. The van der Waals surface area contributed by atoms with E-state index in [0.29, 0.717) is 43.2 Å². The van der Waals surface area contributed by atoms with Gasteiger partial charge >= 0.3 is 6.09 Å². The van der Waals surface area contributed by atoms with Crippen molar-refractivity contribution in [3.63, 3.8) is 0 Å². The number of hydrogen-bond acceptors (Lipinski definition) is 8. The molecule has 1 aliphatic carbocycles. The summed E-state index contributed by atoms with van der Waals surface area (Å²) in [5.41, 5.74) is 1.27. The number of fused-ring (bicyclic) bond motifs is 1. The van der Waals surface area contributed by atoms with Gasteiger partial charge in [0, 0.05) is 52.9 Å². The summed E-state index contributed by atoms with van der Waals surface area (Å²) >= 11 is 0. The maximum Gasteiger partial charge on any atom is 0.407 e. The Morgan fingerprint density at radius 3 is 2.57 bits per heavy atom. The summed E-state index contributed by atoms with van der Waals surface area (Å²) in [4.78, 5) is 33.8. The molecule has 0 spiro atoms. The summed E-state index contributed by atoms with van der Waals surface area (Å²) in [5, 5.41) is 21.8. The first kappa shape index (κ1) is 29.8. The Balaban J connectivity index is 1.45. The number of carbonyl (C=O) groups is 2. The highest BCUT2D eigenvalue weighted by atomic mass is 16.5. The number of oxazole rings is 1. The minimum atomic E-state index is -1.76. The van der Waals surface area contributed by atoms with Gasteiger partial charge in [-0.15, -0.1) is 0 Å². The summed E-state index contributed by atoms with van der Waals surface area (Å²) in [5.74, 6) is -0.673. The van der Waals surface area contributed by atoms with Gasteiger partial charge in [0.05, 0.1) is 12.5 Å². The van der Waals surface area contributed by atoms with E-state index in [1.54, 1.807) is 31.3 Å². The van der Waals surface area contributed by atoms with Crippen LogP contribution in [-0.2, 0) is 32.8 Å². The number of aryl methyl sites for hydroxylation is 1. The Hall–Kier alpha value is -3.67. The molecule has 1 aromatic heterocycles. The number of carbonyl (C=O) groups excluding carboxylic acids is 1. The van der Waals surface area contributed by atoms with E-state index in [1.807, 2.05) is 24.3 Å². The van der Waals surface area contributed by atoms with Gasteiger partial charge in [0.1, 0.15) is 17.9 Å². The van der Waals surface area contributed by atoms with Crippen molar-refractivity contribution < 1.29 is 38.4 Å². The Morgan fingerprint density at radius 2 is 1.86 bits per heavy atom. The van der Waals surface area contributed by atoms with Crippen LogP contribution in [0.1, 0.15) is 42.7 Å². The van der Waals surface area contributed by atoms with Crippen molar-refractivity contribution in [2.75, 3.05) is 47.1 Å². The number of likely N-dealkylation sites (tertiary alicyclic amines) is 1. The molecule has 3 aromatic rings. The van der Waals surface area contributed by atoms with Crippen LogP contribution >= 0.6 is 0 Å². The maximum atomic E-state index is 14.4. The number of aliphatic hydroxyl groups is 1. The molecule has 11 heteroatoms. The molecular weight excluding hydrogens is 542 g/mol. The molecule has 1 saturated carbocycles. The number of benzene rings is 2. The van der Waals surface area contributed by atoms with E-state index in [2.05, 4.69) is 11.1 Å². The third-order valence-corrected chi connectivity index (χ3v) is 7.99. The van der Waals surface area contributed by atoms with E-state index in [0.717, 1.165) is 36.8 Å². The number of para-hydroxylation sites is 2. The van der Waals surface area contributed by atoms with Crippen LogP contribution in [0.4, 0.5) is 4.79 Å². The average Bonchev–Trinajstić information content (AvgIpc) is 3.72. The molecule has 5 rings (SSSR count). The first-order chi connectivity index (χ1) is 20.3. The summed E-state index contributed by atoms with van der Waals surface area (Å²) in [6, 6.07) is 13.1. The number of methoxy groups -OCH3 is 2. The van der Waals surface area contributed by atoms with Crippen molar-refractivity contribution in [3.05, 3.63) is 59.5 Å². The van der Waals surface area contributed by atoms with Crippen molar-refractivity contribution in [3.8, 4) is 5.75 Å². The molecular formula is C31H39N3O8. The normalized spacial score (nSPS) is 20.5. The second-order valence-electron chi connectivity index (χ2n) is 11.1. The van der Waals surface area contributed by atoms with Gasteiger partial charge in [-0.25, -0.2) is 9.78 Å². The van der Waals surface area contributed by atoms with Crippen LogP contribution in [0.5, 0.6) is 5.75 Å². The van der Waals surface area contributed by atoms with Crippen LogP contribution in [0.2, 0.25) is 0 Å². The second kappa shape index (κ2) is 13.1. The predicted molar refractivity (Wildman–Crippen MR) is 153 cm³/mol. The lowest BCUT2D eigenvalue weighted by atomic mass is 9.79. The Labute approximate surface area is 245 Å². The van der Waals surface area contributed by atoms with Crippen molar-refractivity contribution in [2.24, 2.45) is 5.92 Å². The molecule has 1 aliphatic heterocycles. The molecule has 2 N–H and O–H groups in total. The topological polar surface area (TPSA) is 135 Å². The van der Waals surface area contributed by atoms with Gasteiger partial charge in [0.2, 0.25) is 11.8 Å². The lowest BCUT2D eigenvalue weighted by Gasteiger charge is -2.42. The number of nitrogens with zero attached hydrogens (tertiary/aromatic N) is 3. The fourth-order valence-corrected chi connectivity index (χ4v) is 5.59. The zero-order valence-electron chi connectivity index (χ0n) is 24.2. The number of aromatic nitrogens is 1. The molecule has 226 valence electrons. The average molecular weight is 582 g/mol. The SMILES string of the molecule is COCCCc1cc(CN(C(=O)[C@H]2CN(C(=O)O)CC[C@]2(O)c2nc3ccccc3o2)C2CC2)cc(OCCOC)c1. The Kier molecular flexibility index (Phi) is 9.30. The van der Waals surface area contributed by atoms with Gasteiger partial charge in [-0.2, -0.15) is 0 Å². The summed E-state index contributed by atoms with van der Waals surface area (Å²) in [6.45, 7) is 1.68. The van der Waals surface area contributed by atoms with Gasteiger partial charge in [0.15, 0.2) is 11.2 Å². The summed E-state index contributed by atoms with van der Waals surface area (Å²) in [7, 11) is 3.29. The molecule has 2 aromatic carbocycles. The molecule has 2 aliphatic rings. The minimum Gasteiger partial charge on any atom is -0.491 e. The molecule has 2 heterocycles. The van der Waals surface area contributed by atoms with Crippen LogP contribution in [0.25, 0.3) is 11.1 Å². The molecule has 0 radical (unpaired) electrons. The fourth-order valence-electron chi connectivity index (χ4n) is 5.59. The molecule has 2 amide bonds. The Morgan fingerprint density at radius 1 is 1.10 bits per heavy atom. The van der Waals surface area contributed by atoms with Gasteiger partial charge in [-0.3, -0.25) is 4.79 Å². The van der Waals surface area contributed by atoms with Crippen LogP contribution in [0.3, 0.4) is 0 Å². The van der Waals surface area contributed by atoms with E-state index >= 15 is 0 Å². The summed E-state index contributed by atoms with van der Waals surface area (Å²) < 4.78 is 22.2. The van der Waals surface area contributed by atoms with Gasteiger partial charge in [-0.05, 0) is 61.1 Å². The molecule has 42 heavy (non-hydrogen) atoms. The molecule has 0 unspecified atom stereocenters. The molecule has 0 bridgehead atoms. The van der Waals surface area contributed by atoms with Crippen LogP contribution in [-0.4, -0.2) is 90.2 Å². The first-order valence-corrected chi connectivity index (χ1v) is 14.4. The van der Waals surface area contributed by atoms with Gasteiger partial charge < -0.3 is 38.6 Å². The summed E-state index contributed by atoms with van der Waals surface area (Å²) in [6.07, 6.45) is 2.17. The maximum absolute atomic E-state index is 14.4. The quantitative estimate of drug-likeness (QED) is 0.289. The van der Waals surface area contributed by atoms with Crippen LogP contribution in [0, 0.1) is 5.92 Å². The second-order valence-corrected chi connectivity index (χ2v) is 11.1. The third kappa shape index (κ3) is 6.69. The largest absolute Gasteiger partial charge is 0.491 e. The number of ether oxygens (including phenoxy) is 3. The molecule has 2 atom stereocenters. The van der Waals surface area contributed by atoms with Crippen molar-refractivity contribution in [1.82, 2.24) is 14.8 Å². The zero-order valence-corrected chi connectivity index (χ0v) is 24.2. The van der Waals surface area contributed by atoms with E-state index in [-0.39, 0.29) is 37.4 Å². The monoisotopic (exact) mass is 581 g/mol. The van der Waals surface area contributed by atoms with E-state index < -0.39 is 17.6 Å². The van der Waals surface area contributed by atoms with Crippen LogP contribution in [0.15, 0.2) is 46.9 Å². The number of piperidine rings is 1. The Bertz CT molecular complexity index is 1330. The van der Waals surface area contributed by atoms with Crippen LogP contribution < -0.4 is 4.74 Å². The van der Waals surface area contributed by atoms with E-state index in [1.165, 1.54) is 4.90 Å². The number of hydrogen-bond donors (Lipinski definition) is 2. The van der Waals surface area contributed by atoms with Gasteiger partial charge in [-0.1, -0.05) is 18.2 Å². The van der Waals surface area contributed by atoms with Crippen molar-refractivity contribution >= 4 is 23.1 Å². The standard InChI is InChI=1S/C31H39N3O8/c1-39-13-5-6-21-16-22(18-24(17-21)41-15-14-40-2)19-34(23-9-10-23)28(35)25-20-33(30(36)37)12-11-31(25,38)29-32-26-7-3-4-8-27(26)42-29/h3-4,7-8,16-18,23,25,38H,5-6,9-15,19-20H2,1-2H3,(H,36,37)/t25-,31-/m1/s1. The molecule has 1 saturated heterocycles. The van der Waals surface area contributed by atoms with E-state index in [4.69, 9.17) is 18.6 Å². The number of carboxylic acid groups (broad SMARTS) is 1. The lowest BCUT2D eigenvalue weighted by molar-refractivity contribution is -0.157. The third-order valence-electron chi connectivity index (χ3n) is 7.99. The van der Waals surface area contributed by atoms with Crippen molar-refractivity contribution in [2.45, 2.75) is 50.3 Å². The first-order valence-electron chi connectivity index (χ1n) is 14.4. The highest BCUT2D eigenvalue weighted by Gasteiger charge is 2.53. The molecule has 2 fully saturated rings. The molecule has 11 nitrogen and oxygen atoms in total. The number of amides is 2. The minimum absolute atomic E-state index is 0.000550. The number of rotatable bonds is 13. The van der Waals surface area contributed by atoms with Gasteiger partial charge in [0.25, 0.3) is 0 Å². The predicted octanol–water partition coefficient (Wildman–Crippen LogP) is 3.81. The van der Waals surface area contributed by atoms with Crippen molar-refractivity contribution in [1.29, 1.82) is 0 Å². The zero-order chi connectivity index (χ0) is 29.7. The lowest BCUT2D eigenvalue weighted by Crippen LogP contribution is -2.57.